The van der Waals surface area contributed by atoms with Crippen molar-refractivity contribution in [1.82, 2.24) is 10.2 Å². The number of nitrogens with zero attached hydrogens (tertiary/aromatic N) is 2. The minimum atomic E-state index is -4.18. The van der Waals surface area contributed by atoms with Crippen molar-refractivity contribution in [2.75, 3.05) is 17.4 Å². The molecule has 0 radical (unpaired) electrons. The monoisotopic (exact) mass is 617 g/mol. The number of hydrogen-bond acceptors (Lipinski definition) is 4. The first-order valence-electron chi connectivity index (χ1n) is 14.1. The van der Waals surface area contributed by atoms with Gasteiger partial charge in [-0.05, 0) is 67.8 Å². The Bertz CT molecular complexity index is 1650. The molecule has 0 aliphatic heterocycles. The van der Waals surface area contributed by atoms with E-state index in [0.29, 0.717) is 22.8 Å². The molecule has 7 nitrogen and oxygen atoms in total. The highest BCUT2D eigenvalue weighted by Gasteiger charge is 2.35. The Balaban J connectivity index is 1.80. The smallest absolute Gasteiger partial charge is 0.264 e. The molecule has 1 atom stereocenters. The highest BCUT2D eigenvalue weighted by Crippen LogP contribution is 2.30. The summed E-state index contributed by atoms with van der Waals surface area (Å²) in [4.78, 5) is 29.5. The number of rotatable bonds is 12. The van der Waals surface area contributed by atoms with Crippen molar-refractivity contribution in [3.63, 3.8) is 0 Å². The first-order valence-corrected chi connectivity index (χ1v) is 15.9. The quantitative estimate of drug-likeness (QED) is 0.214. The number of sulfonamides is 1. The molecule has 0 bridgehead atoms. The molecular formula is C34H36ClN3O4S. The fourth-order valence-corrected chi connectivity index (χ4v) is 6.58. The molecule has 4 aromatic rings. The molecule has 0 saturated heterocycles. The molecule has 1 unspecified atom stereocenters. The summed E-state index contributed by atoms with van der Waals surface area (Å²) < 4.78 is 29.4. The lowest BCUT2D eigenvalue weighted by molar-refractivity contribution is -0.140. The van der Waals surface area contributed by atoms with Gasteiger partial charge >= 0.3 is 0 Å². The van der Waals surface area contributed by atoms with Gasteiger partial charge in [0.1, 0.15) is 12.6 Å². The maximum absolute atomic E-state index is 14.4. The number of likely N-dealkylation sites (N-methyl/N-ethyl adjacent to an activating group) is 1. The standard InChI is InChI=1S/C34H36ClN3O4S/c1-4-36-34(40)32(22-27-11-7-5-8-12-27)37(23-28-13-9-6-10-14-28)33(39)24-38(31-20-17-29(35)21-26(31)3)43(41,42)30-18-15-25(2)16-19-30/h5-21,32H,4,22-24H2,1-3H3,(H,36,40). The van der Waals surface area contributed by atoms with E-state index in [1.807, 2.05) is 74.5 Å². The third-order valence-corrected chi connectivity index (χ3v) is 9.14. The minimum absolute atomic E-state index is 0.0550. The Morgan fingerprint density at radius 3 is 2.02 bits per heavy atom. The number of hydrogen-bond donors (Lipinski definition) is 1. The fraction of sp³-hybridized carbons (Fsp3) is 0.235. The lowest BCUT2D eigenvalue weighted by atomic mass is 10.0. The Morgan fingerprint density at radius 2 is 1.44 bits per heavy atom. The summed E-state index contributed by atoms with van der Waals surface area (Å²) in [6.07, 6.45) is 0.260. The van der Waals surface area contributed by atoms with Gasteiger partial charge in [-0.15, -0.1) is 0 Å². The van der Waals surface area contributed by atoms with Crippen LogP contribution in [0.1, 0.15) is 29.2 Å². The fourth-order valence-electron chi connectivity index (χ4n) is 4.88. The van der Waals surface area contributed by atoms with Crippen LogP contribution < -0.4 is 9.62 Å². The van der Waals surface area contributed by atoms with Crippen LogP contribution in [0.2, 0.25) is 5.02 Å². The van der Waals surface area contributed by atoms with Gasteiger partial charge in [0.25, 0.3) is 10.0 Å². The zero-order valence-electron chi connectivity index (χ0n) is 24.5. The maximum atomic E-state index is 14.4. The van der Waals surface area contributed by atoms with Gasteiger partial charge in [-0.1, -0.05) is 90.0 Å². The minimum Gasteiger partial charge on any atom is -0.355 e. The van der Waals surface area contributed by atoms with E-state index in [4.69, 9.17) is 11.6 Å². The predicted molar refractivity (Wildman–Crippen MR) is 172 cm³/mol. The highest BCUT2D eigenvalue weighted by molar-refractivity contribution is 7.92. The van der Waals surface area contributed by atoms with E-state index in [-0.39, 0.29) is 23.8 Å². The van der Waals surface area contributed by atoms with Gasteiger partial charge in [0.05, 0.1) is 10.6 Å². The SMILES string of the molecule is CCNC(=O)C(Cc1ccccc1)N(Cc1ccccc1)C(=O)CN(c1ccc(Cl)cc1C)S(=O)(=O)c1ccc(C)cc1. The van der Waals surface area contributed by atoms with E-state index in [0.717, 1.165) is 21.0 Å². The lowest BCUT2D eigenvalue weighted by Crippen LogP contribution is -2.53. The summed E-state index contributed by atoms with van der Waals surface area (Å²) in [6.45, 7) is 5.42. The lowest BCUT2D eigenvalue weighted by Gasteiger charge is -2.34. The normalized spacial score (nSPS) is 11.9. The van der Waals surface area contributed by atoms with Crippen LogP contribution in [0.4, 0.5) is 5.69 Å². The van der Waals surface area contributed by atoms with Gasteiger partial charge < -0.3 is 10.2 Å². The number of carbonyl (C=O) groups is 2. The van der Waals surface area contributed by atoms with Crippen molar-refractivity contribution < 1.29 is 18.0 Å². The van der Waals surface area contributed by atoms with Crippen molar-refractivity contribution in [1.29, 1.82) is 0 Å². The van der Waals surface area contributed by atoms with Gasteiger partial charge in [0, 0.05) is 24.5 Å². The molecule has 0 aliphatic rings. The third kappa shape index (κ3) is 8.03. The summed E-state index contributed by atoms with van der Waals surface area (Å²) in [6, 6.07) is 29.3. The summed E-state index contributed by atoms with van der Waals surface area (Å²) in [5, 5.41) is 3.32. The molecule has 0 heterocycles. The predicted octanol–water partition coefficient (Wildman–Crippen LogP) is 5.93. The van der Waals surface area contributed by atoms with E-state index >= 15 is 0 Å². The van der Waals surface area contributed by atoms with Crippen LogP contribution in [-0.4, -0.2) is 44.3 Å². The Hall–Kier alpha value is -4.14. The van der Waals surface area contributed by atoms with Crippen LogP contribution in [0.15, 0.2) is 108 Å². The number of carbonyl (C=O) groups excluding carboxylic acids is 2. The number of halogens is 1. The molecule has 4 aromatic carbocycles. The summed E-state index contributed by atoms with van der Waals surface area (Å²) >= 11 is 6.21. The molecular weight excluding hydrogens is 582 g/mol. The topological polar surface area (TPSA) is 86.8 Å². The molecule has 224 valence electrons. The summed E-state index contributed by atoms with van der Waals surface area (Å²) in [5.74, 6) is -0.827. The van der Waals surface area contributed by atoms with Crippen LogP contribution in [0, 0.1) is 13.8 Å². The number of nitrogens with one attached hydrogen (secondary N) is 1. The third-order valence-electron chi connectivity index (χ3n) is 7.13. The Labute approximate surface area is 259 Å². The van der Waals surface area contributed by atoms with Crippen LogP contribution in [0.5, 0.6) is 0 Å². The van der Waals surface area contributed by atoms with Crippen molar-refractivity contribution in [3.05, 3.63) is 130 Å². The molecule has 4 rings (SSSR count). The second kappa shape index (κ2) is 14.4. The zero-order valence-corrected chi connectivity index (χ0v) is 26.1. The molecule has 0 spiro atoms. The molecule has 1 N–H and O–H groups in total. The van der Waals surface area contributed by atoms with Crippen LogP contribution >= 0.6 is 11.6 Å². The molecule has 9 heteroatoms. The van der Waals surface area contributed by atoms with Gasteiger partial charge in [-0.3, -0.25) is 13.9 Å². The largest absolute Gasteiger partial charge is 0.355 e. The number of amides is 2. The first kappa shape index (κ1) is 31.8. The summed E-state index contributed by atoms with van der Waals surface area (Å²) in [7, 11) is -4.18. The van der Waals surface area contributed by atoms with Crippen LogP contribution in [0.25, 0.3) is 0 Å². The van der Waals surface area contributed by atoms with E-state index in [2.05, 4.69) is 5.32 Å². The van der Waals surface area contributed by atoms with Gasteiger partial charge in [-0.2, -0.15) is 0 Å². The van der Waals surface area contributed by atoms with Crippen molar-refractivity contribution in [2.45, 2.75) is 44.7 Å². The molecule has 0 aromatic heterocycles. The van der Waals surface area contributed by atoms with E-state index in [9.17, 15) is 18.0 Å². The maximum Gasteiger partial charge on any atom is 0.264 e. The zero-order chi connectivity index (χ0) is 31.0. The molecule has 43 heavy (non-hydrogen) atoms. The second-order valence-corrected chi connectivity index (χ2v) is 12.7. The Kier molecular flexibility index (Phi) is 10.6. The average Bonchev–Trinajstić information content (AvgIpc) is 2.99. The molecule has 2 amide bonds. The number of anilines is 1. The van der Waals surface area contributed by atoms with E-state index in [1.54, 1.807) is 37.3 Å². The first-order chi connectivity index (χ1) is 20.6. The van der Waals surface area contributed by atoms with Crippen molar-refractivity contribution in [3.8, 4) is 0 Å². The van der Waals surface area contributed by atoms with Gasteiger partial charge in [0.2, 0.25) is 11.8 Å². The van der Waals surface area contributed by atoms with Gasteiger partial charge in [0.15, 0.2) is 0 Å². The van der Waals surface area contributed by atoms with Crippen LogP contribution in [0.3, 0.4) is 0 Å². The molecule has 0 fully saturated rings. The van der Waals surface area contributed by atoms with E-state index in [1.165, 1.54) is 17.0 Å². The van der Waals surface area contributed by atoms with Gasteiger partial charge in [-0.25, -0.2) is 8.42 Å². The average molecular weight is 618 g/mol. The van der Waals surface area contributed by atoms with Crippen molar-refractivity contribution in [2.24, 2.45) is 0 Å². The van der Waals surface area contributed by atoms with E-state index < -0.39 is 28.5 Å². The number of benzene rings is 4. The summed E-state index contributed by atoms with van der Waals surface area (Å²) in [5.41, 5.74) is 3.52. The van der Waals surface area contributed by atoms with Crippen molar-refractivity contribution >= 4 is 39.1 Å². The van der Waals surface area contributed by atoms with Crippen LogP contribution in [-0.2, 0) is 32.6 Å². The molecule has 0 aliphatic carbocycles. The Morgan fingerprint density at radius 1 is 0.837 bits per heavy atom. The highest BCUT2D eigenvalue weighted by atomic mass is 35.5. The second-order valence-electron chi connectivity index (χ2n) is 10.4. The molecule has 0 saturated carbocycles. The number of aryl methyl sites for hydroxylation is 2.